The van der Waals surface area contributed by atoms with E-state index in [1.54, 1.807) is 7.11 Å². The monoisotopic (exact) mass is 553 g/mol. The van der Waals surface area contributed by atoms with Crippen molar-refractivity contribution < 1.29 is 35.9 Å². The Morgan fingerprint density at radius 2 is 1.72 bits per heavy atom. The SMILES string of the molecule is COc1ccccc1N1CCN(CCCNC(=O)c2cccc3c(=O)c(C)c(C(F)(F)C(F)(F)F)oc23)CC1. The van der Waals surface area contributed by atoms with Gasteiger partial charge in [0, 0.05) is 38.3 Å². The molecule has 1 N–H and O–H groups in total. The van der Waals surface area contributed by atoms with Crippen molar-refractivity contribution in [2.24, 2.45) is 0 Å². The van der Waals surface area contributed by atoms with Crippen LogP contribution in [0.15, 0.2) is 51.7 Å². The molecule has 1 amide bonds. The molecule has 210 valence electrons. The summed E-state index contributed by atoms with van der Waals surface area (Å²) in [6.07, 6.45) is -5.40. The largest absolute Gasteiger partial charge is 0.495 e. The minimum atomic E-state index is -5.97. The molecule has 12 heteroatoms. The van der Waals surface area contributed by atoms with Crippen LogP contribution in [0.25, 0.3) is 11.0 Å². The molecule has 1 aliphatic rings. The van der Waals surface area contributed by atoms with E-state index in [1.807, 2.05) is 24.3 Å². The number of methoxy groups -OCH3 is 1. The Labute approximate surface area is 221 Å². The molecule has 1 aliphatic heterocycles. The number of hydrogen-bond acceptors (Lipinski definition) is 6. The Balaban J connectivity index is 1.38. The smallest absolute Gasteiger partial charge is 0.461 e. The van der Waals surface area contributed by atoms with Gasteiger partial charge in [-0.3, -0.25) is 14.5 Å². The zero-order valence-corrected chi connectivity index (χ0v) is 21.4. The van der Waals surface area contributed by atoms with Gasteiger partial charge in [0.15, 0.2) is 16.8 Å². The van der Waals surface area contributed by atoms with Gasteiger partial charge in [-0.25, -0.2) is 0 Å². The zero-order chi connectivity index (χ0) is 28.4. The number of benzene rings is 2. The van der Waals surface area contributed by atoms with Crippen molar-refractivity contribution in [1.29, 1.82) is 0 Å². The van der Waals surface area contributed by atoms with E-state index < -0.39 is 40.3 Å². The number of alkyl halides is 5. The van der Waals surface area contributed by atoms with Crippen molar-refractivity contribution in [3.8, 4) is 5.75 Å². The molecule has 7 nitrogen and oxygen atoms in total. The first-order valence-electron chi connectivity index (χ1n) is 12.4. The van der Waals surface area contributed by atoms with Crippen LogP contribution in [0.3, 0.4) is 0 Å². The average molecular weight is 554 g/mol. The highest BCUT2D eigenvalue weighted by Crippen LogP contribution is 2.45. The molecule has 0 radical (unpaired) electrons. The first-order valence-corrected chi connectivity index (χ1v) is 12.4. The number of halogens is 5. The third-order valence-electron chi connectivity index (χ3n) is 6.77. The zero-order valence-electron chi connectivity index (χ0n) is 21.4. The van der Waals surface area contributed by atoms with Crippen molar-refractivity contribution in [3.05, 3.63) is 69.6 Å². The van der Waals surface area contributed by atoms with Gasteiger partial charge in [0.25, 0.3) is 5.91 Å². The quantitative estimate of drug-likeness (QED) is 0.322. The second kappa shape index (κ2) is 11.2. The van der Waals surface area contributed by atoms with Gasteiger partial charge in [-0.05, 0) is 44.2 Å². The van der Waals surface area contributed by atoms with Crippen LogP contribution in [-0.2, 0) is 5.92 Å². The van der Waals surface area contributed by atoms with Gasteiger partial charge in [0.05, 0.1) is 23.7 Å². The van der Waals surface area contributed by atoms with E-state index in [1.165, 1.54) is 18.2 Å². The van der Waals surface area contributed by atoms with Gasteiger partial charge in [-0.1, -0.05) is 18.2 Å². The van der Waals surface area contributed by atoms with Crippen molar-refractivity contribution >= 4 is 22.6 Å². The minimum Gasteiger partial charge on any atom is -0.495 e. The number of piperazine rings is 1. The Morgan fingerprint density at radius 1 is 1.03 bits per heavy atom. The molecule has 4 rings (SSSR count). The summed E-state index contributed by atoms with van der Waals surface area (Å²) in [6.45, 7) is 4.95. The highest BCUT2D eigenvalue weighted by molar-refractivity contribution is 6.04. The standard InChI is InChI=1S/C27H28F5N3O4/c1-17-22(36)18-7-5-8-19(23(18)39-24(17)26(28,29)27(30,31)32)25(37)33-11-6-12-34-13-15-35(16-14-34)20-9-3-4-10-21(20)38-2/h3-5,7-10H,6,11-16H2,1-2H3,(H,33,37). The predicted octanol–water partition coefficient (Wildman–Crippen LogP) is 4.71. The molecule has 1 aromatic heterocycles. The molecule has 0 atom stereocenters. The Bertz CT molecular complexity index is 1400. The van der Waals surface area contributed by atoms with Crippen LogP contribution in [0, 0.1) is 6.92 Å². The summed E-state index contributed by atoms with van der Waals surface area (Å²) in [5.41, 5.74) is -1.81. The van der Waals surface area contributed by atoms with Gasteiger partial charge < -0.3 is 19.4 Å². The molecule has 2 heterocycles. The van der Waals surface area contributed by atoms with E-state index in [4.69, 9.17) is 9.15 Å². The van der Waals surface area contributed by atoms with E-state index in [0.29, 0.717) is 13.0 Å². The van der Waals surface area contributed by atoms with Crippen LogP contribution in [0.4, 0.5) is 27.6 Å². The molecule has 39 heavy (non-hydrogen) atoms. The molecule has 0 saturated carbocycles. The van der Waals surface area contributed by atoms with Gasteiger partial charge >= 0.3 is 12.1 Å². The maximum absolute atomic E-state index is 14.1. The molecular formula is C27H28F5N3O4. The molecule has 0 bridgehead atoms. The lowest BCUT2D eigenvalue weighted by Gasteiger charge is -2.36. The molecule has 1 saturated heterocycles. The maximum atomic E-state index is 14.1. The van der Waals surface area contributed by atoms with Crippen LogP contribution < -0.4 is 20.4 Å². The Hall–Kier alpha value is -3.67. The van der Waals surface area contributed by atoms with Crippen molar-refractivity contribution in [1.82, 2.24) is 10.2 Å². The van der Waals surface area contributed by atoms with Gasteiger partial charge in [-0.15, -0.1) is 0 Å². The topological polar surface area (TPSA) is 75.0 Å². The summed E-state index contributed by atoms with van der Waals surface area (Å²) in [6, 6.07) is 11.6. The van der Waals surface area contributed by atoms with Crippen molar-refractivity contribution in [2.75, 3.05) is 51.3 Å². The highest BCUT2D eigenvalue weighted by atomic mass is 19.4. The minimum absolute atomic E-state index is 0.226. The molecule has 2 aromatic carbocycles. The first kappa shape index (κ1) is 28.3. The first-order chi connectivity index (χ1) is 18.5. The van der Waals surface area contributed by atoms with Crippen LogP contribution >= 0.6 is 0 Å². The average Bonchev–Trinajstić information content (AvgIpc) is 2.92. The molecule has 0 spiro atoms. The van der Waals surface area contributed by atoms with E-state index in [0.717, 1.165) is 44.5 Å². The van der Waals surface area contributed by atoms with Gasteiger partial charge in [0.2, 0.25) is 0 Å². The third-order valence-corrected chi connectivity index (χ3v) is 6.77. The number of anilines is 1. The van der Waals surface area contributed by atoms with Crippen LogP contribution in [0.1, 0.15) is 28.1 Å². The summed E-state index contributed by atoms with van der Waals surface area (Å²) in [5.74, 6) is -7.15. The molecule has 0 unspecified atom stereocenters. The third kappa shape index (κ3) is 5.70. The Kier molecular flexibility index (Phi) is 8.15. The predicted molar refractivity (Wildman–Crippen MR) is 136 cm³/mol. The second-order valence-electron chi connectivity index (χ2n) is 9.25. The molecule has 1 fully saturated rings. The number of ether oxygens (including phenoxy) is 1. The summed E-state index contributed by atoms with van der Waals surface area (Å²) in [5, 5.41) is 2.38. The number of amides is 1. The fraction of sp³-hybridized carbons (Fsp3) is 0.407. The number of hydrogen-bond donors (Lipinski definition) is 1. The number of nitrogens with one attached hydrogen (secondary N) is 1. The summed E-state index contributed by atoms with van der Waals surface area (Å²) in [4.78, 5) is 29.9. The van der Waals surface area contributed by atoms with Crippen molar-refractivity contribution in [3.63, 3.8) is 0 Å². The number of carbonyl (C=O) groups is 1. The van der Waals surface area contributed by atoms with E-state index in [2.05, 4.69) is 15.1 Å². The maximum Gasteiger partial charge on any atom is 0.461 e. The summed E-state index contributed by atoms with van der Waals surface area (Å²) < 4.78 is 77.5. The Morgan fingerprint density at radius 3 is 2.38 bits per heavy atom. The van der Waals surface area contributed by atoms with Crippen molar-refractivity contribution in [2.45, 2.75) is 25.4 Å². The summed E-state index contributed by atoms with van der Waals surface area (Å²) >= 11 is 0. The number of nitrogens with zero attached hydrogens (tertiary/aromatic N) is 2. The fourth-order valence-electron chi connectivity index (χ4n) is 4.62. The number of carbonyl (C=O) groups excluding carboxylic acids is 1. The highest BCUT2D eigenvalue weighted by Gasteiger charge is 2.62. The molecule has 0 aliphatic carbocycles. The molecule has 3 aromatic rings. The van der Waals surface area contributed by atoms with E-state index in [-0.39, 0.29) is 17.5 Å². The number of para-hydroxylation sites is 3. The van der Waals surface area contributed by atoms with Crippen LogP contribution in [0.5, 0.6) is 5.75 Å². The lowest BCUT2D eigenvalue weighted by atomic mass is 10.0. The molecular weight excluding hydrogens is 525 g/mol. The van der Waals surface area contributed by atoms with E-state index in [9.17, 15) is 31.5 Å². The number of rotatable bonds is 8. The second-order valence-corrected chi connectivity index (χ2v) is 9.25. The fourth-order valence-corrected chi connectivity index (χ4v) is 4.62. The van der Waals surface area contributed by atoms with Gasteiger partial charge in [-0.2, -0.15) is 22.0 Å². The van der Waals surface area contributed by atoms with Crippen LogP contribution in [0.2, 0.25) is 0 Å². The lowest BCUT2D eigenvalue weighted by Crippen LogP contribution is -2.47. The van der Waals surface area contributed by atoms with Gasteiger partial charge in [0.1, 0.15) is 5.75 Å². The lowest BCUT2D eigenvalue weighted by molar-refractivity contribution is -0.295. The number of fused-ring (bicyclic) bond motifs is 1. The normalized spacial score (nSPS) is 15.0. The summed E-state index contributed by atoms with van der Waals surface area (Å²) in [7, 11) is 1.63. The van der Waals surface area contributed by atoms with Crippen LogP contribution in [-0.4, -0.2) is 63.4 Å². The van der Waals surface area contributed by atoms with E-state index >= 15 is 0 Å².